The van der Waals surface area contributed by atoms with Crippen molar-refractivity contribution in [2.24, 2.45) is 5.41 Å². The van der Waals surface area contributed by atoms with Gasteiger partial charge in [-0.1, -0.05) is 34.3 Å². The molecule has 0 aromatic rings. The van der Waals surface area contributed by atoms with Crippen molar-refractivity contribution in [3.63, 3.8) is 0 Å². The molecule has 0 atom stereocenters. The molecule has 0 aromatic carbocycles. The normalized spacial score (nSPS) is 21.0. The lowest BCUT2D eigenvalue weighted by Crippen LogP contribution is -2.11. The van der Waals surface area contributed by atoms with E-state index in [1.54, 1.807) is 0 Å². The van der Waals surface area contributed by atoms with Gasteiger partial charge in [-0.05, 0) is 6.42 Å². The summed E-state index contributed by atoms with van der Waals surface area (Å²) in [5.74, 6) is 0. The van der Waals surface area contributed by atoms with E-state index in [4.69, 9.17) is 0 Å². The Labute approximate surface area is 64.5 Å². The highest BCUT2D eigenvalue weighted by Gasteiger charge is 2.26. The number of allylic oxidation sites excluding steroid dienone is 1. The molecule has 1 fully saturated rings. The minimum absolute atomic E-state index is 0.347. The highest BCUT2D eigenvalue weighted by molar-refractivity contribution is 5.09. The second kappa shape index (κ2) is 3.65. The van der Waals surface area contributed by atoms with Crippen molar-refractivity contribution < 1.29 is 0 Å². The quantitative estimate of drug-likeness (QED) is 0.546. The van der Waals surface area contributed by atoms with Crippen molar-refractivity contribution in [1.29, 1.82) is 0 Å². The molecule has 1 rings (SSSR count). The molecule has 0 aliphatic carbocycles. The van der Waals surface area contributed by atoms with Crippen molar-refractivity contribution in [3.8, 4) is 0 Å². The van der Waals surface area contributed by atoms with E-state index in [1.165, 1.54) is 12.1 Å². The predicted octanol–water partition coefficient (Wildman–Crippen LogP) is 2.55. The minimum atomic E-state index is 0.347. The van der Waals surface area contributed by atoms with E-state index in [2.05, 4.69) is 25.7 Å². The summed E-state index contributed by atoms with van der Waals surface area (Å²) in [5, 5.41) is 3.22. The van der Waals surface area contributed by atoms with Crippen LogP contribution < -0.4 is 5.32 Å². The minimum Gasteiger partial charge on any atom is -0.388 e. The Morgan fingerprint density at radius 2 is 1.90 bits per heavy atom. The summed E-state index contributed by atoms with van der Waals surface area (Å²) >= 11 is 0. The van der Waals surface area contributed by atoms with E-state index < -0.39 is 0 Å². The summed E-state index contributed by atoms with van der Waals surface area (Å²) in [6.07, 6.45) is 1.23. The Morgan fingerprint density at radius 1 is 1.40 bits per heavy atom. The first-order chi connectivity index (χ1) is 4.63. The van der Waals surface area contributed by atoms with E-state index in [0.717, 1.165) is 6.54 Å². The molecule has 0 unspecified atom stereocenters. The Hall–Kier alpha value is -0.460. The fourth-order valence-corrected chi connectivity index (χ4v) is 0.916. The zero-order valence-corrected chi connectivity index (χ0v) is 7.62. The summed E-state index contributed by atoms with van der Waals surface area (Å²) in [4.78, 5) is 0. The molecule has 1 heterocycles. The number of rotatable bonds is 0. The molecule has 1 aliphatic rings. The fraction of sp³-hybridized carbons (Fsp3) is 0.778. The Bertz CT molecular complexity index is 114. The van der Waals surface area contributed by atoms with Gasteiger partial charge in [0.05, 0.1) is 0 Å². The van der Waals surface area contributed by atoms with Crippen LogP contribution in [-0.2, 0) is 0 Å². The summed E-state index contributed by atoms with van der Waals surface area (Å²) < 4.78 is 0. The van der Waals surface area contributed by atoms with Crippen molar-refractivity contribution >= 4 is 0 Å². The lowest BCUT2D eigenvalue weighted by Gasteiger charge is -2.15. The van der Waals surface area contributed by atoms with Crippen molar-refractivity contribution in [2.45, 2.75) is 34.1 Å². The van der Waals surface area contributed by atoms with Crippen molar-refractivity contribution in [2.75, 3.05) is 6.54 Å². The molecule has 1 N–H and O–H groups in total. The Kier molecular flexibility index (Phi) is 3.48. The molecular formula is C9H19N. The molecule has 0 bridgehead atoms. The highest BCUT2D eigenvalue weighted by Crippen LogP contribution is 2.30. The SMILES string of the molecule is C=C1NCCC1(C)C.CC. The summed E-state index contributed by atoms with van der Waals surface area (Å²) in [6, 6.07) is 0. The molecular weight excluding hydrogens is 122 g/mol. The van der Waals surface area contributed by atoms with Crippen molar-refractivity contribution in [1.82, 2.24) is 5.32 Å². The molecule has 60 valence electrons. The topological polar surface area (TPSA) is 12.0 Å². The largest absolute Gasteiger partial charge is 0.388 e. The van der Waals surface area contributed by atoms with Crippen LogP contribution in [0.4, 0.5) is 0 Å². The van der Waals surface area contributed by atoms with Gasteiger partial charge < -0.3 is 5.32 Å². The number of nitrogens with one attached hydrogen (secondary N) is 1. The molecule has 0 radical (unpaired) electrons. The van der Waals surface area contributed by atoms with Crippen LogP contribution in [0.1, 0.15) is 34.1 Å². The third-order valence-electron chi connectivity index (χ3n) is 1.91. The van der Waals surface area contributed by atoms with Crippen molar-refractivity contribution in [3.05, 3.63) is 12.3 Å². The molecule has 1 nitrogen and oxygen atoms in total. The first-order valence-electron chi connectivity index (χ1n) is 4.06. The van der Waals surface area contributed by atoms with Crippen LogP contribution in [0.2, 0.25) is 0 Å². The molecule has 1 saturated heterocycles. The third-order valence-corrected chi connectivity index (χ3v) is 1.91. The van der Waals surface area contributed by atoms with Gasteiger partial charge in [0, 0.05) is 17.7 Å². The van der Waals surface area contributed by atoms with Gasteiger partial charge in [0.2, 0.25) is 0 Å². The van der Waals surface area contributed by atoms with Gasteiger partial charge in [-0.2, -0.15) is 0 Å². The van der Waals surface area contributed by atoms with Crippen LogP contribution in [0.5, 0.6) is 0 Å². The maximum Gasteiger partial charge on any atom is 0.0152 e. The van der Waals surface area contributed by atoms with Gasteiger partial charge in [0.15, 0.2) is 0 Å². The smallest absolute Gasteiger partial charge is 0.0152 e. The molecule has 1 aliphatic heterocycles. The van der Waals surface area contributed by atoms with Crippen LogP contribution in [0.3, 0.4) is 0 Å². The van der Waals surface area contributed by atoms with Crippen LogP contribution in [0.25, 0.3) is 0 Å². The lowest BCUT2D eigenvalue weighted by atomic mass is 9.90. The first-order valence-corrected chi connectivity index (χ1v) is 4.06. The van der Waals surface area contributed by atoms with Crippen LogP contribution >= 0.6 is 0 Å². The van der Waals surface area contributed by atoms with Gasteiger partial charge in [0.25, 0.3) is 0 Å². The summed E-state index contributed by atoms with van der Waals surface area (Å²) in [6.45, 7) is 13.4. The van der Waals surface area contributed by atoms with E-state index in [9.17, 15) is 0 Å². The van der Waals surface area contributed by atoms with Gasteiger partial charge in [-0.3, -0.25) is 0 Å². The zero-order valence-electron chi connectivity index (χ0n) is 7.62. The molecule has 10 heavy (non-hydrogen) atoms. The monoisotopic (exact) mass is 141 g/mol. The average Bonchev–Trinajstić information content (AvgIpc) is 2.17. The zero-order chi connectivity index (χ0) is 8.20. The molecule has 0 amide bonds. The van der Waals surface area contributed by atoms with Gasteiger partial charge in [-0.15, -0.1) is 0 Å². The third kappa shape index (κ3) is 2.05. The maximum atomic E-state index is 3.90. The molecule has 0 saturated carbocycles. The van der Waals surface area contributed by atoms with E-state index in [1.807, 2.05) is 13.8 Å². The number of hydrogen-bond acceptors (Lipinski definition) is 1. The van der Waals surface area contributed by atoms with E-state index in [-0.39, 0.29) is 0 Å². The van der Waals surface area contributed by atoms with Crippen LogP contribution in [0.15, 0.2) is 12.3 Å². The standard InChI is InChI=1S/C7H13N.C2H6/c1-6-7(2,3)4-5-8-6;1-2/h8H,1,4-5H2,2-3H3;1-2H3. The molecule has 0 spiro atoms. The Morgan fingerprint density at radius 3 is 2.00 bits per heavy atom. The first kappa shape index (κ1) is 9.54. The van der Waals surface area contributed by atoms with Crippen LogP contribution in [0, 0.1) is 5.41 Å². The van der Waals surface area contributed by atoms with Gasteiger partial charge in [0.1, 0.15) is 0 Å². The average molecular weight is 141 g/mol. The second-order valence-electron chi connectivity index (χ2n) is 3.04. The lowest BCUT2D eigenvalue weighted by molar-refractivity contribution is 0.470. The second-order valence-corrected chi connectivity index (χ2v) is 3.04. The van der Waals surface area contributed by atoms with Crippen LogP contribution in [-0.4, -0.2) is 6.54 Å². The Balaban J connectivity index is 0.000000371. The molecule has 0 aromatic heterocycles. The van der Waals surface area contributed by atoms with Gasteiger partial charge in [-0.25, -0.2) is 0 Å². The highest BCUT2D eigenvalue weighted by atomic mass is 14.9. The summed E-state index contributed by atoms with van der Waals surface area (Å²) in [7, 11) is 0. The van der Waals surface area contributed by atoms with E-state index >= 15 is 0 Å². The number of hydrogen-bond donors (Lipinski definition) is 1. The fourth-order valence-electron chi connectivity index (χ4n) is 0.916. The molecule has 1 heteroatoms. The predicted molar refractivity (Wildman–Crippen MR) is 46.9 cm³/mol. The maximum absolute atomic E-state index is 3.90. The van der Waals surface area contributed by atoms with E-state index in [0.29, 0.717) is 5.41 Å². The van der Waals surface area contributed by atoms with Gasteiger partial charge >= 0.3 is 0 Å². The summed E-state index contributed by atoms with van der Waals surface area (Å²) in [5.41, 5.74) is 1.54.